The van der Waals surface area contributed by atoms with Gasteiger partial charge in [-0.3, -0.25) is 4.90 Å². The van der Waals surface area contributed by atoms with Crippen molar-refractivity contribution in [3.63, 3.8) is 0 Å². The number of likely N-dealkylation sites (tertiary alicyclic amines) is 1. The number of H-pyrrole nitrogens is 1. The zero-order valence-corrected chi connectivity index (χ0v) is 11.9. The minimum Gasteiger partial charge on any atom is -0.340 e. The van der Waals surface area contributed by atoms with Crippen molar-refractivity contribution in [1.82, 2.24) is 19.9 Å². The fraction of sp³-hybridized carbons (Fsp3) is 0.333. The van der Waals surface area contributed by atoms with E-state index in [0.29, 0.717) is 5.92 Å². The van der Waals surface area contributed by atoms with Crippen molar-refractivity contribution in [2.45, 2.75) is 18.9 Å². The van der Waals surface area contributed by atoms with Crippen molar-refractivity contribution >= 4 is 22.5 Å². The third-order valence-electron chi connectivity index (χ3n) is 3.89. The molecule has 1 saturated heterocycles. The summed E-state index contributed by atoms with van der Waals surface area (Å²) in [6.45, 7) is 3.29. The lowest BCUT2D eigenvalue weighted by Crippen LogP contribution is -2.19. The molecule has 1 aliphatic rings. The van der Waals surface area contributed by atoms with Gasteiger partial charge >= 0.3 is 0 Å². The average Bonchev–Trinajstić information content (AvgIpc) is 3.18. The van der Waals surface area contributed by atoms with E-state index in [2.05, 4.69) is 37.4 Å². The predicted molar refractivity (Wildman–Crippen MR) is 80.8 cm³/mol. The highest BCUT2D eigenvalue weighted by molar-refractivity contribution is 7.09. The van der Waals surface area contributed by atoms with Gasteiger partial charge in [0.05, 0.1) is 5.52 Å². The van der Waals surface area contributed by atoms with Crippen molar-refractivity contribution in [3.05, 3.63) is 46.5 Å². The van der Waals surface area contributed by atoms with Gasteiger partial charge in [0, 0.05) is 30.1 Å². The molecule has 1 fully saturated rings. The summed E-state index contributed by atoms with van der Waals surface area (Å²) < 4.78 is 0. The molecular weight excluding hydrogens is 268 g/mol. The molecule has 0 radical (unpaired) electrons. The van der Waals surface area contributed by atoms with Crippen LogP contribution in [0, 0.1) is 0 Å². The van der Waals surface area contributed by atoms with Crippen molar-refractivity contribution < 1.29 is 0 Å². The molecular formula is C15H16N4S. The van der Waals surface area contributed by atoms with E-state index in [9.17, 15) is 0 Å². The molecule has 0 amide bonds. The Balaban J connectivity index is 1.50. The maximum atomic E-state index is 4.64. The highest BCUT2D eigenvalue weighted by atomic mass is 32.1. The van der Waals surface area contributed by atoms with Crippen molar-refractivity contribution in [1.29, 1.82) is 0 Å². The van der Waals surface area contributed by atoms with Gasteiger partial charge in [-0.1, -0.05) is 6.07 Å². The molecule has 3 aromatic rings. The maximum absolute atomic E-state index is 4.64. The molecule has 3 aromatic heterocycles. The number of nitrogens with zero attached hydrogens (tertiary/aromatic N) is 3. The number of nitrogens with one attached hydrogen (secondary N) is 1. The SMILES string of the molecule is c1csc(CN2CC[C@H](c3nc4ncccc4[nH]3)C2)c1. The summed E-state index contributed by atoms with van der Waals surface area (Å²) >= 11 is 1.84. The van der Waals surface area contributed by atoms with E-state index < -0.39 is 0 Å². The second-order valence-electron chi connectivity index (χ2n) is 5.30. The van der Waals surface area contributed by atoms with E-state index >= 15 is 0 Å². The van der Waals surface area contributed by atoms with E-state index in [1.807, 2.05) is 23.5 Å². The van der Waals surface area contributed by atoms with Crippen LogP contribution in [0.2, 0.25) is 0 Å². The summed E-state index contributed by atoms with van der Waals surface area (Å²) in [6.07, 6.45) is 2.97. The van der Waals surface area contributed by atoms with Crippen molar-refractivity contribution in [2.24, 2.45) is 0 Å². The largest absolute Gasteiger partial charge is 0.340 e. The number of pyridine rings is 1. The molecule has 0 saturated carbocycles. The Bertz CT molecular complexity index is 671. The van der Waals surface area contributed by atoms with Gasteiger partial charge in [-0.05, 0) is 36.5 Å². The first-order chi connectivity index (χ1) is 9.88. The van der Waals surface area contributed by atoms with Crippen molar-refractivity contribution in [2.75, 3.05) is 13.1 Å². The van der Waals surface area contributed by atoms with Gasteiger partial charge in [0.2, 0.25) is 0 Å². The lowest BCUT2D eigenvalue weighted by atomic mass is 10.1. The number of aromatic nitrogens is 3. The van der Waals surface area contributed by atoms with Gasteiger partial charge in [0.15, 0.2) is 5.65 Å². The quantitative estimate of drug-likeness (QED) is 0.804. The highest BCUT2D eigenvalue weighted by Gasteiger charge is 2.26. The second kappa shape index (κ2) is 5.00. The summed E-state index contributed by atoms with van der Waals surface area (Å²) in [5, 5.41) is 2.15. The molecule has 5 heteroatoms. The Kier molecular flexibility index (Phi) is 3.01. The van der Waals surface area contributed by atoms with Crippen LogP contribution in [0.4, 0.5) is 0 Å². The lowest BCUT2D eigenvalue weighted by Gasteiger charge is -2.13. The van der Waals surface area contributed by atoms with Crippen LogP contribution in [0.3, 0.4) is 0 Å². The smallest absolute Gasteiger partial charge is 0.177 e. The van der Waals surface area contributed by atoms with Crippen LogP contribution < -0.4 is 0 Å². The van der Waals surface area contributed by atoms with Crippen LogP contribution in [0.25, 0.3) is 11.2 Å². The van der Waals surface area contributed by atoms with E-state index in [0.717, 1.165) is 36.6 Å². The molecule has 0 unspecified atom stereocenters. The molecule has 0 aliphatic carbocycles. The third kappa shape index (κ3) is 2.23. The normalized spacial score (nSPS) is 19.9. The molecule has 0 bridgehead atoms. The minimum absolute atomic E-state index is 0.504. The first-order valence-corrected chi connectivity index (χ1v) is 7.82. The Morgan fingerprint density at radius 3 is 3.20 bits per heavy atom. The molecule has 1 aliphatic heterocycles. The summed E-state index contributed by atoms with van der Waals surface area (Å²) in [5.41, 5.74) is 1.87. The molecule has 20 heavy (non-hydrogen) atoms. The van der Waals surface area contributed by atoms with Crippen LogP contribution in [-0.2, 0) is 6.54 Å². The molecule has 102 valence electrons. The van der Waals surface area contributed by atoms with Crippen LogP contribution >= 0.6 is 11.3 Å². The summed E-state index contributed by atoms with van der Waals surface area (Å²) in [5.74, 6) is 1.59. The lowest BCUT2D eigenvalue weighted by molar-refractivity contribution is 0.329. The number of rotatable bonds is 3. The molecule has 4 rings (SSSR count). The third-order valence-corrected chi connectivity index (χ3v) is 4.76. The Morgan fingerprint density at radius 1 is 1.35 bits per heavy atom. The summed E-state index contributed by atoms with van der Waals surface area (Å²) in [4.78, 5) is 16.3. The number of thiophene rings is 1. The van der Waals surface area contributed by atoms with Crippen LogP contribution in [0.15, 0.2) is 35.8 Å². The molecule has 4 nitrogen and oxygen atoms in total. The fourth-order valence-electron chi connectivity index (χ4n) is 2.88. The van der Waals surface area contributed by atoms with Gasteiger partial charge in [-0.25, -0.2) is 9.97 Å². The van der Waals surface area contributed by atoms with Gasteiger partial charge < -0.3 is 4.98 Å². The van der Waals surface area contributed by atoms with Crippen LogP contribution in [0.5, 0.6) is 0 Å². The highest BCUT2D eigenvalue weighted by Crippen LogP contribution is 2.28. The first-order valence-electron chi connectivity index (χ1n) is 6.94. The van der Waals surface area contributed by atoms with E-state index in [-0.39, 0.29) is 0 Å². The van der Waals surface area contributed by atoms with Gasteiger partial charge in [-0.15, -0.1) is 11.3 Å². The van der Waals surface area contributed by atoms with Gasteiger partial charge in [0.1, 0.15) is 5.82 Å². The molecule has 1 N–H and O–H groups in total. The van der Waals surface area contributed by atoms with Crippen LogP contribution in [0.1, 0.15) is 23.0 Å². The van der Waals surface area contributed by atoms with Crippen molar-refractivity contribution in [3.8, 4) is 0 Å². The standard InChI is InChI=1S/C15H16N4S/c1-4-13-15(16-6-1)18-14(17-13)11-5-7-19(9-11)10-12-3-2-8-20-12/h1-4,6,8,11H,5,7,9-10H2,(H,16,17,18)/t11-/m0/s1. The van der Waals surface area contributed by atoms with E-state index in [1.54, 1.807) is 6.20 Å². The number of hydrogen-bond donors (Lipinski definition) is 1. The van der Waals surface area contributed by atoms with E-state index in [1.165, 1.54) is 11.3 Å². The topological polar surface area (TPSA) is 44.8 Å². The van der Waals surface area contributed by atoms with E-state index in [4.69, 9.17) is 0 Å². The van der Waals surface area contributed by atoms with Crippen LogP contribution in [-0.4, -0.2) is 32.9 Å². The van der Waals surface area contributed by atoms with Gasteiger partial charge in [-0.2, -0.15) is 0 Å². The number of hydrogen-bond acceptors (Lipinski definition) is 4. The molecule has 4 heterocycles. The summed E-state index contributed by atoms with van der Waals surface area (Å²) in [7, 11) is 0. The Labute approximate surface area is 121 Å². The monoisotopic (exact) mass is 284 g/mol. The zero-order chi connectivity index (χ0) is 13.4. The van der Waals surface area contributed by atoms with Gasteiger partial charge in [0.25, 0.3) is 0 Å². The number of aromatic amines is 1. The fourth-order valence-corrected chi connectivity index (χ4v) is 3.63. The average molecular weight is 284 g/mol. The Morgan fingerprint density at radius 2 is 2.35 bits per heavy atom. The predicted octanol–water partition coefficient (Wildman–Crippen LogP) is 3.01. The second-order valence-corrected chi connectivity index (χ2v) is 6.33. The maximum Gasteiger partial charge on any atom is 0.177 e. The zero-order valence-electron chi connectivity index (χ0n) is 11.1. The molecule has 1 atom stereocenters. The molecule has 0 aromatic carbocycles. The Hall–Kier alpha value is -1.72. The molecule has 0 spiro atoms. The summed E-state index contributed by atoms with van der Waals surface area (Å²) in [6, 6.07) is 8.32. The number of fused-ring (bicyclic) bond motifs is 1. The number of imidazole rings is 1. The first kappa shape index (κ1) is 12.1. The minimum atomic E-state index is 0.504.